The lowest BCUT2D eigenvalue weighted by molar-refractivity contribution is 0.240. The SMILES string of the molecule is C=CC=CCC=C.CCN1CCCCC1. The Kier molecular flexibility index (Phi) is 10.6. The Morgan fingerprint density at radius 1 is 1.13 bits per heavy atom. The summed E-state index contributed by atoms with van der Waals surface area (Å²) in [6.07, 6.45) is 12.7. The standard InChI is InChI=1S/C7H15N.C7H10/c1-2-8-6-4-3-5-7-8;1-3-5-7-6-4-2/h2-7H2,1H3;3-5,7H,1-2,6H2. The van der Waals surface area contributed by atoms with Gasteiger partial charge in [-0.25, -0.2) is 0 Å². The zero-order chi connectivity index (χ0) is 11.4. The summed E-state index contributed by atoms with van der Waals surface area (Å²) in [6.45, 7) is 13.2. The highest BCUT2D eigenvalue weighted by Crippen LogP contribution is 2.06. The minimum Gasteiger partial charge on any atom is -0.304 e. The molecule has 0 aromatic heterocycles. The summed E-state index contributed by atoms with van der Waals surface area (Å²) in [4.78, 5) is 2.52. The second-order valence-corrected chi connectivity index (χ2v) is 3.68. The van der Waals surface area contributed by atoms with Gasteiger partial charge in [-0.15, -0.1) is 6.58 Å². The van der Waals surface area contributed by atoms with Crippen LogP contribution in [0, 0.1) is 0 Å². The predicted molar refractivity (Wildman–Crippen MR) is 70.1 cm³/mol. The molecular formula is C14H25N. The molecule has 15 heavy (non-hydrogen) atoms. The van der Waals surface area contributed by atoms with Crippen molar-refractivity contribution >= 4 is 0 Å². The molecule has 1 heterocycles. The molecule has 1 nitrogen and oxygen atoms in total. The average Bonchev–Trinajstić information content (AvgIpc) is 2.32. The highest BCUT2D eigenvalue weighted by atomic mass is 15.1. The maximum atomic E-state index is 3.55. The fourth-order valence-electron chi connectivity index (χ4n) is 1.55. The molecule has 0 unspecified atom stereocenters. The first-order valence-electron chi connectivity index (χ1n) is 5.96. The number of likely N-dealkylation sites (tertiary alicyclic amines) is 1. The summed E-state index contributed by atoms with van der Waals surface area (Å²) in [6, 6.07) is 0. The number of hydrogen-bond donors (Lipinski definition) is 0. The van der Waals surface area contributed by atoms with Crippen molar-refractivity contribution in [2.24, 2.45) is 0 Å². The van der Waals surface area contributed by atoms with Crippen LogP contribution in [0.5, 0.6) is 0 Å². The van der Waals surface area contributed by atoms with Crippen molar-refractivity contribution < 1.29 is 0 Å². The van der Waals surface area contributed by atoms with Crippen LogP contribution < -0.4 is 0 Å². The molecule has 0 N–H and O–H groups in total. The molecule has 1 rings (SSSR count). The smallest absolute Gasteiger partial charge is 0.00188 e. The summed E-state index contributed by atoms with van der Waals surface area (Å²) >= 11 is 0. The predicted octanol–water partition coefficient (Wildman–Crippen LogP) is 3.80. The van der Waals surface area contributed by atoms with Gasteiger partial charge in [0, 0.05) is 0 Å². The van der Waals surface area contributed by atoms with E-state index >= 15 is 0 Å². The largest absolute Gasteiger partial charge is 0.304 e. The van der Waals surface area contributed by atoms with E-state index in [1.165, 1.54) is 38.9 Å². The van der Waals surface area contributed by atoms with Crippen LogP contribution in [0.1, 0.15) is 32.6 Å². The van der Waals surface area contributed by atoms with Crippen molar-refractivity contribution in [2.75, 3.05) is 19.6 Å². The topological polar surface area (TPSA) is 3.24 Å². The molecule has 0 aromatic carbocycles. The molecule has 1 saturated heterocycles. The average molecular weight is 207 g/mol. The molecule has 1 aliphatic heterocycles. The minimum atomic E-state index is 0.937. The third-order valence-corrected chi connectivity index (χ3v) is 2.47. The number of rotatable bonds is 4. The summed E-state index contributed by atoms with van der Waals surface area (Å²) in [5, 5.41) is 0. The Hall–Kier alpha value is -0.820. The van der Waals surface area contributed by atoms with E-state index in [2.05, 4.69) is 25.0 Å². The quantitative estimate of drug-likeness (QED) is 0.500. The molecule has 0 amide bonds. The molecule has 86 valence electrons. The van der Waals surface area contributed by atoms with Crippen LogP contribution in [0.3, 0.4) is 0 Å². The molecule has 0 radical (unpaired) electrons. The van der Waals surface area contributed by atoms with Crippen molar-refractivity contribution in [1.82, 2.24) is 4.90 Å². The fourth-order valence-corrected chi connectivity index (χ4v) is 1.55. The van der Waals surface area contributed by atoms with Gasteiger partial charge in [0.1, 0.15) is 0 Å². The van der Waals surface area contributed by atoms with Crippen molar-refractivity contribution in [3.8, 4) is 0 Å². The third kappa shape index (κ3) is 9.48. The maximum absolute atomic E-state index is 3.55. The van der Waals surface area contributed by atoms with Gasteiger partial charge in [-0.2, -0.15) is 0 Å². The number of piperidine rings is 1. The van der Waals surface area contributed by atoms with Gasteiger partial charge in [-0.05, 0) is 38.9 Å². The molecule has 0 aromatic rings. The van der Waals surface area contributed by atoms with Crippen LogP contribution in [0.2, 0.25) is 0 Å². The molecule has 0 spiro atoms. The van der Waals surface area contributed by atoms with E-state index in [-0.39, 0.29) is 0 Å². The van der Waals surface area contributed by atoms with Gasteiger partial charge in [0.05, 0.1) is 0 Å². The van der Waals surface area contributed by atoms with E-state index in [4.69, 9.17) is 0 Å². The fraction of sp³-hybridized carbons (Fsp3) is 0.571. The van der Waals surface area contributed by atoms with Crippen molar-refractivity contribution in [3.05, 3.63) is 37.5 Å². The highest BCUT2D eigenvalue weighted by Gasteiger charge is 2.05. The van der Waals surface area contributed by atoms with Crippen LogP contribution in [0.4, 0.5) is 0 Å². The Morgan fingerprint density at radius 3 is 2.20 bits per heavy atom. The first-order chi connectivity index (χ1) is 7.35. The Balaban J connectivity index is 0.000000265. The highest BCUT2D eigenvalue weighted by molar-refractivity contribution is 4.99. The monoisotopic (exact) mass is 207 g/mol. The van der Waals surface area contributed by atoms with Crippen LogP contribution in [0.15, 0.2) is 37.5 Å². The first kappa shape index (κ1) is 14.2. The lowest BCUT2D eigenvalue weighted by Crippen LogP contribution is -2.29. The van der Waals surface area contributed by atoms with Gasteiger partial charge in [-0.3, -0.25) is 0 Å². The number of hydrogen-bond acceptors (Lipinski definition) is 1. The van der Waals surface area contributed by atoms with Crippen LogP contribution in [-0.2, 0) is 0 Å². The molecule has 1 aliphatic rings. The van der Waals surface area contributed by atoms with Gasteiger partial charge in [0.2, 0.25) is 0 Å². The summed E-state index contributed by atoms with van der Waals surface area (Å²) < 4.78 is 0. The van der Waals surface area contributed by atoms with Gasteiger partial charge in [-0.1, -0.05) is 44.2 Å². The normalized spacial score (nSPS) is 16.9. The van der Waals surface area contributed by atoms with E-state index < -0.39 is 0 Å². The van der Waals surface area contributed by atoms with Crippen LogP contribution in [0.25, 0.3) is 0 Å². The van der Waals surface area contributed by atoms with E-state index in [1.807, 2.05) is 18.2 Å². The second-order valence-electron chi connectivity index (χ2n) is 3.68. The van der Waals surface area contributed by atoms with Crippen molar-refractivity contribution in [1.29, 1.82) is 0 Å². The van der Waals surface area contributed by atoms with Gasteiger partial charge in [0.25, 0.3) is 0 Å². The Morgan fingerprint density at radius 2 is 1.80 bits per heavy atom. The minimum absolute atomic E-state index is 0.937. The maximum Gasteiger partial charge on any atom is -0.00188 e. The zero-order valence-corrected chi connectivity index (χ0v) is 10.1. The van der Waals surface area contributed by atoms with Gasteiger partial charge in [0.15, 0.2) is 0 Å². The molecule has 0 atom stereocenters. The number of allylic oxidation sites excluding steroid dienone is 4. The summed E-state index contributed by atoms with van der Waals surface area (Å²) in [5.74, 6) is 0. The molecule has 1 heteroatoms. The Bertz CT molecular complexity index is 176. The summed E-state index contributed by atoms with van der Waals surface area (Å²) in [5.41, 5.74) is 0. The zero-order valence-electron chi connectivity index (χ0n) is 10.1. The molecule has 0 saturated carbocycles. The third-order valence-electron chi connectivity index (χ3n) is 2.47. The lowest BCUT2D eigenvalue weighted by atomic mass is 10.1. The lowest BCUT2D eigenvalue weighted by Gasteiger charge is -2.24. The first-order valence-corrected chi connectivity index (χ1v) is 5.96. The van der Waals surface area contributed by atoms with Crippen LogP contribution >= 0.6 is 0 Å². The molecule has 1 fully saturated rings. The molecular weight excluding hydrogens is 182 g/mol. The molecule has 0 aliphatic carbocycles. The summed E-state index contributed by atoms with van der Waals surface area (Å²) in [7, 11) is 0. The van der Waals surface area contributed by atoms with E-state index in [1.54, 1.807) is 6.08 Å². The van der Waals surface area contributed by atoms with E-state index in [0.717, 1.165) is 6.42 Å². The van der Waals surface area contributed by atoms with E-state index in [0.29, 0.717) is 0 Å². The second kappa shape index (κ2) is 11.3. The van der Waals surface area contributed by atoms with Crippen molar-refractivity contribution in [2.45, 2.75) is 32.6 Å². The Labute approximate surface area is 95.2 Å². The van der Waals surface area contributed by atoms with Crippen LogP contribution in [-0.4, -0.2) is 24.5 Å². The van der Waals surface area contributed by atoms with Crippen molar-refractivity contribution in [3.63, 3.8) is 0 Å². The number of nitrogens with zero attached hydrogens (tertiary/aromatic N) is 1. The van der Waals surface area contributed by atoms with E-state index in [9.17, 15) is 0 Å². The van der Waals surface area contributed by atoms with Gasteiger partial charge < -0.3 is 4.90 Å². The van der Waals surface area contributed by atoms with Gasteiger partial charge >= 0.3 is 0 Å². The molecule has 0 bridgehead atoms.